The molecule has 2 aromatic carbocycles. The molecule has 3 aromatic rings. The van der Waals surface area contributed by atoms with Crippen LogP contribution in [0, 0.1) is 13.8 Å². The second-order valence-corrected chi connectivity index (χ2v) is 8.11. The van der Waals surface area contributed by atoms with Crippen LogP contribution in [0.5, 0.6) is 5.75 Å². The average Bonchev–Trinajstić information content (AvgIpc) is 3.16. The lowest BCUT2D eigenvalue weighted by atomic mass is 10.1. The van der Waals surface area contributed by atoms with E-state index in [1.165, 1.54) is 24.8 Å². The second kappa shape index (κ2) is 9.79. The lowest BCUT2D eigenvalue weighted by molar-refractivity contribution is 0.101. The number of hydrogen-bond acceptors (Lipinski definition) is 5. The molecule has 4 rings (SSSR count). The van der Waals surface area contributed by atoms with Gasteiger partial charge in [-0.05, 0) is 69.1 Å². The molecule has 1 N–H and O–H groups in total. The maximum absolute atomic E-state index is 12.8. The van der Waals surface area contributed by atoms with Crippen molar-refractivity contribution < 1.29 is 14.1 Å². The highest BCUT2D eigenvalue weighted by atomic mass is 16.5. The Labute approximate surface area is 183 Å². The van der Waals surface area contributed by atoms with Gasteiger partial charge in [0.2, 0.25) is 0 Å². The molecule has 0 atom stereocenters. The Morgan fingerprint density at radius 1 is 1.06 bits per heavy atom. The number of carbonyl (C=O) groups excluding carboxylic acids is 1. The maximum Gasteiger partial charge on any atom is 0.278 e. The van der Waals surface area contributed by atoms with E-state index < -0.39 is 0 Å². The molecule has 1 aromatic heterocycles. The third kappa shape index (κ3) is 5.33. The number of likely N-dealkylation sites (tertiary alicyclic amines) is 1. The molecule has 1 amide bonds. The second-order valence-electron chi connectivity index (χ2n) is 8.11. The highest BCUT2D eigenvalue weighted by molar-refractivity contribution is 6.03. The van der Waals surface area contributed by atoms with Crippen molar-refractivity contribution in [3.05, 3.63) is 76.7 Å². The number of anilines is 1. The third-order valence-electron chi connectivity index (χ3n) is 5.73. The summed E-state index contributed by atoms with van der Waals surface area (Å²) in [4.78, 5) is 15.3. The van der Waals surface area contributed by atoms with Gasteiger partial charge in [0.25, 0.3) is 5.91 Å². The van der Waals surface area contributed by atoms with E-state index in [4.69, 9.17) is 9.26 Å². The first-order valence-electron chi connectivity index (χ1n) is 10.9. The zero-order chi connectivity index (χ0) is 21.6. The van der Waals surface area contributed by atoms with Crippen molar-refractivity contribution >= 4 is 11.6 Å². The van der Waals surface area contributed by atoms with E-state index in [0.717, 1.165) is 36.6 Å². The molecule has 0 spiro atoms. The van der Waals surface area contributed by atoms with Crippen molar-refractivity contribution in [2.24, 2.45) is 0 Å². The number of rotatable bonds is 7. The van der Waals surface area contributed by atoms with Gasteiger partial charge in [-0.3, -0.25) is 9.69 Å². The van der Waals surface area contributed by atoms with Crippen molar-refractivity contribution in [1.82, 2.24) is 10.1 Å². The first-order chi connectivity index (χ1) is 15.1. The molecule has 1 saturated heterocycles. The summed E-state index contributed by atoms with van der Waals surface area (Å²) in [6, 6.07) is 15.8. The van der Waals surface area contributed by atoms with E-state index in [2.05, 4.69) is 27.5 Å². The first-order valence-corrected chi connectivity index (χ1v) is 10.9. The maximum atomic E-state index is 12.8. The molecular weight excluding hydrogens is 390 g/mol. The quantitative estimate of drug-likeness (QED) is 0.576. The Balaban J connectivity index is 1.39. The molecular formula is C25H29N3O3. The fourth-order valence-electron chi connectivity index (χ4n) is 3.87. The van der Waals surface area contributed by atoms with Gasteiger partial charge in [-0.1, -0.05) is 41.9 Å². The molecule has 0 aliphatic carbocycles. The summed E-state index contributed by atoms with van der Waals surface area (Å²) in [5.74, 6) is 1.05. The molecule has 6 heteroatoms. The Hall–Kier alpha value is -3.12. The number of para-hydroxylation sites is 1. The minimum absolute atomic E-state index is 0.220. The summed E-state index contributed by atoms with van der Waals surface area (Å²) in [6.45, 7) is 7.28. The number of aromatic nitrogens is 1. The summed E-state index contributed by atoms with van der Waals surface area (Å²) < 4.78 is 11.2. The number of ether oxygens (including phenoxy) is 1. The van der Waals surface area contributed by atoms with Crippen LogP contribution in [0.4, 0.5) is 5.69 Å². The molecule has 2 heterocycles. The van der Waals surface area contributed by atoms with Gasteiger partial charge in [0.1, 0.15) is 18.1 Å². The summed E-state index contributed by atoms with van der Waals surface area (Å²) in [5, 5.41) is 6.89. The van der Waals surface area contributed by atoms with Crippen molar-refractivity contribution in [3.63, 3.8) is 0 Å². The van der Waals surface area contributed by atoms with Crippen molar-refractivity contribution in [1.29, 1.82) is 0 Å². The van der Waals surface area contributed by atoms with Gasteiger partial charge in [-0.15, -0.1) is 0 Å². The van der Waals surface area contributed by atoms with E-state index in [-0.39, 0.29) is 18.2 Å². The van der Waals surface area contributed by atoms with Crippen molar-refractivity contribution in [3.8, 4) is 5.75 Å². The average molecular weight is 420 g/mol. The van der Waals surface area contributed by atoms with Crippen LogP contribution in [0.15, 0.2) is 53.1 Å². The largest absolute Gasteiger partial charge is 0.488 e. The number of amides is 1. The summed E-state index contributed by atoms with van der Waals surface area (Å²) in [7, 11) is 0. The van der Waals surface area contributed by atoms with Crippen molar-refractivity contribution in [2.75, 3.05) is 18.4 Å². The van der Waals surface area contributed by atoms with E-state index in [0.29, 0.717) is 11.3 Å². The molecule has 31 heavy (non-hydrogen) atoms. The molecule has 1 aliphatic heterocycles. The molecule has 1 fully saturated rings. The van der Waals surface area contributed by atoms with Crippen molar-refractivity contribution in [2.45, 2.75) is 46.3 Å². The molecule has 0 saturated carbocycles. The van der Waals surface area contributed by atoms with Crippen LogP contribution in [0.3, 0.4) is 0 Å². The minimum atomic E-state index is -0.302. The van der Waals surface area contributed by atoms with E-state index >= 15 is 0 Å². The fourth-order valence-corrected chi connectivity index (χ4v) is 3.87. The van der Waals surface area contributed by atoms with E-state index in [9.17, 15) is 4.79 Å². The molecule has 162 valence electrons. The standard InChI is InChI=1S/C25H29N3O3/c1-18-8-4-5-9-23(18)30-17-22-19(2)31-27-24(22)25(29)26-21-12-10-20(11-13-21)16-28-14-6-3-7-15-28/h4-5,8-13H,3,6-7,14-17H2,1-2H3,(H,26,29). The zero-order valence-electron chi connectivity index (χ0n) is 18.2. The predicted molar refractivity (Wildman–Crippen MR) is 120 cm³/mol. The molecule has 0 radical (unpaired) electrons. The summed E-state index contributed by atoms with van der Waals surface area (Å²) in [6.07, 6.45) is 3.89. The zero-order valence-corrected chi connectivity index (χ0v) is 18.2. The highest BCUT2D eigenvalue weighted by Crippen LogP contribution is 2.22. The lowest BCUT2D eigenvalue weighted by Crippen LogP contribution is -2.29. The van der Waals surface area contributed by atoms with Crippen LogP contribution in [-0.4, -0.2) is 29.1 Å². The van der Waals surface area contributed by atoms with Crippen LogP contribution < -0.4 is 10.1 Å². The normalized spacial score (nSPS) is 14.4. The minimum Gasteiger partial charge on any atom is -0.488 e. The van der Waals surface area contributed by atoms with Gasteiger partial charge in [-0.2, -0.15) is 0 Å². The van der Waals surface area contributed by atoms with Crippen LogP contribution in [0.1, 0.15) is 52.2 Å². The van der Waals surface area contributed by atoms with E-state index in [1.807, 2.05) is 43.3 Å². The van der Waals surface area contributed by atoms with Crippen LogP contribution in [0.25, 0.3) is 0 Å². The summed E-state index contributed by atoms with van der Waals surface area (Å²) in [5.41, 5.74) is 3.93. The Kier molecular flexibility index (Phi) is 6.67. The van der Waals surface area contributed by atoms with Gasteiger partial charge >= 0.3 is 0 Å². The van der Waals surface area contributed by atoms with Gasteiger partial charge in [0.05, 0.1) is 5.56 Å². The first kappa shape index (κ1) is 21.1. The number of nitrogens with one attached hydrogen (secondary N) is 1. The number of carbonyl (C=O) groups is 1. The molecule has 0 unspecified atom stereocenters. The van der Waals surface area contributed by atoms with Gasteiger partial charge in [-0.25, -0.2) is 0 Å². The van der Waals surface area contributed by atoms with Gasteiger partial charge < -0.3 is 14.6 Å². The number of benzene rings is 2. The van der Waals surface area contributed by atoms with Crippen LogP contribution in [0.2, 0.25) is 0 Å². The lowest BCUT2D eigenvalue weighted by Gasteiger charge is -2.26. The number of aryl methyl sites for hydroxylation is 2. The Morgan fingerprint density at radius 2 is 1.81 bits per heavy atom. The monoisotopic (exact) mass is 419 g/mol. The topological polar surface area (TPSA) is 67.6 Å². The number of nitrogens with zero attached hydrogens (tertiary/aromatic N) is 2. The SMILES string of the molecule is Cc1ccccc1OCc1c(C(=O)Nc2ccc(CN3CCCCC3)cc2)noc1C. The molecule has 6 nitrogen and oxygen atoms in total. The Bertz CT molecular complexity index is 1020. The number of hydrogen-bond donors (Lipinski definition) is 1. The van der Waals surface area contributed by atoms with Gasteiger partial charge in [0, 0.05) is 12.2 Å². The molecule has 0 bridgehead atoms. The fraction of sp³-hybridized carbons (Fsp3) is 0.360. The van der Waals surface area contributed by atoms with Crippen LogP contribution in [-0.2, 0) is 13.2 Å². The van der Waals surface area contributed by atoms with Gasteiger partial charge in [0.15, 0.2) is 5.69 Å². The van der Waals surface area contributed by atoms with Crippen LogP contribution >= 0.6 is 0 Å². The number of piperidine rings is 1. The van der Waals surface area contributed by atoms with E-state index in [1.54, 1.807) is 6.92 Å². The Morgan fingerprint density at radius 3 is 2.55 bits per heavy atom. The predicted octanol–water partition coefficient (Wildman–Crippen LogP) is 5.11. The third-order valence-corrected chi connectivity index (χ3v) is 5.73. The highest BCUT2D eigenvalue weighted by Gasteiger charge is 2.21. The smallest absolute Gasteiger partial charge is 0.278 e. The summed E-state index contributed by atoms with van der Waals surface area (Å²) >= 11 is 0. The molecule has 1 aliphatic rings.